The molecule has 0 bridgehead atoms. The molecule has 0 unspecified atom stereocenters. The van der Waals surface area contributed by atoms with Gasteiger partial charge in [-0.2, -0.15) is 13.2 Å². The summed E-state index contributed by atoms with van der Waals surface area (Å²) in [7, 11) is 0. The first-order valence-corrected chi connectivity index (χ1v) is 7.21. The van der Waals surface area contributed by atoms with Crippen LogP contribution >= 0.6 is 27.5 Å². The zero-order valence-corrected chi connectivity index (χ0v) is 13.5. The Morgan fingerprint density at radius 1 is 1.39 bits per heavy atom. The second-order valence-corrected chi connectivity index (χ2v) is 5.64. The van der Waals surface area contributed by atoms with Crippen LogP contribution in [-0.2, 0) is 12.7 Å². The fourth-order valence-electron chi connectivity index (χ4n) is 1.68. The number of nitrogens with one attached hydrogen (secondary N) is 1. The molecular formula is C13H8BrClF3N3O2. The van der Waals surface area contributed by atoms with E-state index in [1.54, 1.807) is 18.2 Å². The molecule has 0 spiro atoms. The summed E-state index contributed by atoms with van der Waals surface area (Å²) in [5.41, 5.74) is -1.79. The van der Waals surface area contributed by atoms with Crippen LogP contribution in [-0.4, -0.2) is 21.0 Å². The summed E-state index contributed by atoms with van der Waals surface area (Å²) in [4.78, 5) is 17.7. The first-order valence-electron chi connectivity index (χ1n) is 6.04. The lowest BCUT2D eigenvalue weighted by molar-refractivity contribution is -0.141. The van der Waals surface area contributed by atoms with Crippen LogP contribution < -0.4 is 5.32 Å². The van der Waals surface area contributed by atoms with Crippen molar-refractivity contribution in [2.24, 2.45) is 0 Å². The van der Waals surface area contributed by atoms with Gasteiger partial charge in [0.15, 0.2) is 5.69 Å². The number of benzene rings is 1. The first kappa shape index (κ1) is 17.5. The summed E-state index contributed by atoms with van der Waals surface area (Å²) in [6, 6.07) is 4.93. The van der Waals surface area contributed by atoms with Crippen molar-refractivity contribution in [3.05, 3.63) is 50.7 Å². The molecule has 0 saturated carbocycles. The van der Waals surface area contributed by atoms with Gasteiger partial charge in [0.2, 0.25) is 5.95 Å². The molecule has 2 aromatic rings. The first-order chi connectivity index (χ1) is 10.7. The molecule has 2 rings (SSSR count). The average molecular weight is 411 g/mol. The van der Waals surface area contributed by atoms with E-state index in [1.807, 2.05) is 0 Å². The Balaban J connectivity index is 2.25. The Morgan fingerprint density at radius 3 is 2.65 bits per heavy atom. The van der Waals surface area contributed by atoms with Crippen LogP contribution in [0.1, 0.15) is 21.6 Å². The summed E-state index contributed by atoms with van der Waals surface area (Å²) < 4.78 is 39.2. The van der Waals surface area contributed by atoms with Crippen molar-refractivity contribution in [1.82, 2.24) is 9.97 Å². The molecule has 0 amide bonds. The van der Waals surface area contributed by atoms with Gasteiger partial charge in [0.05, 0.1) is 0 Å². The van der Waals surface area contributed by atoms with Crippen molar-refractivity contribution in [3.63, 3.8) is 0 Å². The van der Waals surface area contributed by atoms with Gasteiger partial charge in [-0.05, 0) is 17.7 Å². The lowest BCUT2D eigenvalue weighted by atomic mass is 10.2. The zero-order chi connectivity index (χ0) is 17.2. The van der Waals surface area contributed by atoms with Crippen LogP contribution in [0.2, 0.25) is 5.02 Å². The van der Waals surface area contributed by atoms with Crippen LogP contribution in [0.5, 0.6) is 0 Å². The number of rotatable bonds is 4. The second-order valence-electron chi connectivity index (χ2n) is 4.35. The molecule has 0 aliphatic heterocycles. The van der Waals surface area contributed by atoms with E-state index in [9.17, 15) is 18.0 Å². The molecule has 5 nitrogen and oxygen atoms in total. The standard InChI is InChI=1S/C13H8BrClF3N3O2/c14-9-3-7(15)2-1-6(9)4-19-12-20-5-8(11(22)23)10(21-12)13(16,17)18/h1-3,5H,4H2,(H,22,23)(H,19,20,21). The normalized spacial score (nSPS) is 11.3. The number of halogens is 5. The number of carboxylic acid groups (broad SMARTS) is 1. The van der Waals surface area contributed by atoms with Crippen molar-refractivity contribution in [2.75, 3.05) is 5.32 Å². The number of nitrogens with zero attached hydrogens (tertiary/aromatic N) is 2. The van der Waals surface area contributed by atoms with E-state index in [-0.39, 0.29) is 12.5 Å². The predicted octanol–water partition coefficient (Wildman–Crippen LogP) is 4.22. The van der Waals surface area contributed by atoms with Gasteiger partial charge in [-0.1, -0.05) is 33.6 Å². The Labute approximate surface area is 141 Å². The third-order valence-electron chi connectivity index (χ3n) is 2.74. The van der Waals surface area contributed by atoms with Crippen LogP contribution in [0.3, 0.4) is 0 Å². The van der Waals surface area contributed by atoms with Gasteiger partial charge in [-0.25, -0.2) is 14.8 Å². The van der Waals surface area contributed by atoms with Crippen LogP contribution in [0.4, 0.5) is 19.1 Å². The minimum absolute atomic E-state index is 0.126. The van der Waals surface area contributed by atoms with Crippen LogP contribution in [0.15, 0.2) is 28.9 Å². The molecule has 0 aliphatic rings. The predicted molar refractivity (Wildman–Crippen MR) is 80.5 cm³/mol. The van der Waals surface area contributed by atoms with Gasteiger partial charge in [0.1, 0.15) is 5.56 Å². The summed E-state index contributed by atoms with van der Waals surface area (Å²) in [6.07, 6.45) is -4.27. The number of carbonyl (C=O) groups is 1. The van der Waals surface area contributed by atoms with Gasteiger partial charge in [-0.15, -0.1) is 0 Å². The molecule has 0 saturated heterocycles. The average Bonchev–Trinajstić information content (AvgIpc) is 2.45. The second kappa shape index (κ2) is 6.71. The monoisotopic (exact) mass is 409 g/mol. The molecule has 122 valence electrons. The largest absolute Gasteiger partial charge is 0.478 e. The number of hydrogen-bond acceptors (Lipinski definition) is 4. The molecule has 2 N–H and O–H groups in total. The highest BCUT2D eigenvalue weighted by Crippen LogP contribution is 2.31. The molecule has 0 radical (unpaired) electrons. The van der Waals surface area contributed by atoms with E-state index < -0.39 is 23.4 Å². The Bertz CT molecular complexity index is 756. The third kappa shape index (κ3) is 4.32. The van der Waals surface area contributed by atoms with Crippen molar-refractivity contribution in [1.29, 1.82) is 0 Å². The highest BCUT2D eigenvalue weighted by molar-refractivity contribution is 9.10. The van der Waals surface area contributed by atoms with Gasteiger partial charge in [-0.3, -0.25) is 0 Å². The van der Waals surface area contributed by atoms with E-state index in [2.05, 4.69) is 31.2 Å². The number of hydrogen-bond donors (Lipinski definition) is 2. The van der Waals surface area contributed by atoms with Crippen molar-refractivity contribution < 1.29 is 23.1 Å². The van der Waals surface area contributed by atoms with Gasteiger partial charge >= 0.3 is 12.1 Å². The molecule has 10 heteroatoms. The molecule has 0 aliphatic carbocycles. The van der Waals surface area contributed by atoms with Crippen molar-refractivity contribution in [3.8, 4) is 0 Å². The summed E-state index contributed by atoms with van der Waals surface area (Å²) in [6.45, 7) is 0.126. The summed E-state index contributed by atoms with van der Waals surface area (Å²) >= 11 is 9.07. The molecule has 0 atom stereocenters. The number of aromatic nitrogens is 2. The molecule has 1 aromatic heterocycles. The van der Waals surface area contributed by atoms with Crippen molar-refractivity contribution >= 4 is 39.4 Å². The van der Waals surface area contributed by atoms with Crippen LogP contribution in [0, 0.1) is 0 Å². The Kier molecular flexibility index (Phi) is 5.10. The number of anilines is 1. The lowest BCUT2D eigenvalue weighted by Gasteiger charge is -2.12. The van der Waals surface area contributed by atoms with E-state index >= 15 is 0 Å². The van der Waals surface area contributed by atoms with E-state index in [1.165, 1.54) is 0 Å². The maximum Gasteiger partial charge on any atom is 0.434 e. The van der Waals surface area contributed by atoms with Gasteiger partial charge < -0.3 is 10.4 Å². The zero-order valence-electron chi connectivity index (χ0n) is 11.2. The maximum absolute atomic E-state index is 12.9. The minimum atomic E-state index is -4.89. The van der Waals surface area contributed by atoms with Crippen molar-refractivity contribution in [2.45, 2.75) is 12.7 Å². The van der Waals surface area contributed by atoms with E-state index in [4.69, 9.17) is 16.7 Å². The molecule has 1 aromatic carbocycles. The fraction of sp³-hybridized carbons (Fsp3) is 0.154. The summed E-state index contributed by atoms with van der Waals surface area (Å²) in [5.74, 6) is -2.08. The van der Waals surface area contributed by atoms with Crippen LogP contribution in [0.25, 0.3) is 0 Å². The van der Waals surface area contributed by atoms with E-state index in [0.29, 0.717) is 21.3 Å². The topological polar surface area (TPSA) is 75.1 Å². The highest BCUT2D eigenvalue weighted by Gasteiger charge is 2.38. The fourth-order valence-corrected chi connectivity index (χ4v) is 2.50. The Hall–Kier alpha value is -1.87. The summed E-state index contributed by atoms with van der Waals surface area (Å²) in [5, 5.41) is 11.9. The number of carboxylic acids is 1. The molecule has 0 fully saturated rings. The maximum atomic E-state index is 12.9. The smallest absolute Gasteiger partial charge is 0.434 e. The quantitative estimate of drug-likeness (QED) is 0.789. The van der Waals surface area contributed by atoms with Gasteiger partial charge in [0, 0.05) is 22.2 Å². The highest BCUT2D eigenvalue weighted by atomic mass is 79.9. The van der Waals surface area contributed by atoms with E-state index in [0.717, 1.165) is 0 Å². The SMILES string of the molecule is O=C(O)c1cnc(NCc2ccc(Cl)cc2Br)nc1C(F)(F)F. The molecule has 1 heterocycles. The third-order valence-corrected chi connectivity index (χ3v) is 3.71. The number of alkyl halides is 3. The molecular weight excluding hydrogens is 403 g/mol. The Morgan fingerprint density at radius 2 is 2.09 bits per heavy atom. The number of aromatic carboxylic acids is 1. The molecule has 23 heavy (non-hydrogen) atoms. The lowest BCUT2D eigenvalue weighted by Crippen LogP contribution is -2.18. The minimum Gasteiger partial charge on any atom is -0.478 e. The van der Waals surface area contributed by atoms with Gasteiger partial charge in [0.25, 0.3) is 0 Å².